The first-order valence-electron chi connectivity index (χ1n) is 5.28. The number of amides is 3. The fourth-order valence-electron chi connectivity index (χ4n) is 1.59. The SMILES string of the molecule is O=C([O-])CN1C(=O)N/C(=C/c2ccccc2Cl)C1=O. The van der Waals surface area contributed by atoms with Gasteiger partial charge in [0.2, 0.25) is 0 Å². The highest BCUT2D eigenvalue weighted by Crippen LogP contribution is 2.20. The number of aliphatic carboxylic acids is 1. The highest BCUT2D eigenvalue weighted by atomic mass is 35.5. The third-order valence-electron chi connectivity index (χ3n) is 2.45. The Morgan fingerprint density at radius 3 is 2.68 bits per heavy atom. The van der Waals surface area contributed by atoms with E-state index in [0.717, 1.165) is 0 Å². The number of hydrogen-bond donors (Lipinski definition) is 1. The zero-order chi connectivity index (χ0) is 14.0. The van der Waals surface area contributed by atoms with E-state index in [2.05, 4.69) is 5.32 Å². The molecule has 1 aliphatic heterocycles. The second-order valence-corrected chi connectivity index (χ2v) is 4.18. The minimum absolute atomic E-state index is 0.0284. The number of carbonyl (C=O) groups excluding carboxylic acids is 3. The number of rotatable bonds is 3. The lowest BCUT2D eigenvalue weighted by Crippen LogP contribution is -2.41. The summed E-state index contributed by atoms with van der Waals surface area (Å²) in [6, 6.07) is 5.94. The standard InChI is InChI=1S/C12H9ClN2O4/c13-8-4-2-1-3-7(8)5-9-11(18)15(6-10(16)17)12(19)14-9/h1-5H,6H2,(H,14,19)(H,16,17)/p-1/b9-5+. The Labute approximate surface area is 113 Å². The summed E-state index contributed by atoms with van der Waals surface area (Å²) in [5.74, 6) is -2.24. The lowest BCUT2D eigenvalue weighted by molar-refractivity contribution is -0.305. The number of carboxylic acids is 1. The maximum atomic E-state index is 11.8. The second-order valence-electron chi connectivity index (χ2n) is 3.77. The first kappa shape index (κ1) is 13.1. The lowest BCUT2D eigenvalue weighted by atomic mass is 10.2. The van der Waals surface area contributed by atoms with Crippen LogP contribution in [-0.4, -0.2) is 29.4 Å². The van der Waals surface area contributed by atoms with Gasteiger partial charge in [0.1, 0.15) is 5.70 Å². The number of hydrogen-bond acceptors (Lipinski definition) is 4. The summed E-state index contributed by atoms with van der Waals surface area (Å²) >= 11 is 5.92. The summed E-state index contributed by atoms with van der Waals surface area (Å²) in [7, 11) is 0. The minimum atomic E-state index is -1.51. The van der Waals surface area contributed by atoms with Gasteiger partial charge in [-0.15, -0.1) is 0 Å². The quantitative estimate of drug-likeness (QED) is 0.622. The number of nitrogens with one attached hydrogen (secondary N) is 1. The van der Waals surface area contributed by atoms with Crippen molar-refractivity contribution in [3.8, 4) is 0 Å². The van der Waals surface area contributed by atoms with Crippen molar-refractivity contribution in [3.05, 3.63) is 40.5 Å². The van der Waals surface area contributed by atoms with Gasteiger partial charge in [0.25, 0.3) is 5.91 Å². The molecule has 1 aromatic carbocycles. The molecule has 0 unspecified atom stereocenters. The summed E-state index contributed by atoms with van der Waals surface area (Å²) in [6.07, 6.45) is 1.39. The lowest BCUT2D eigenvalue weighted by Gasteiger charge is -2.11. The third-order valence-corrected chi connectivity index (χ3v) is 2.80. The maximum absolute atomic E-state index is 11.8. The fourth-order valence-corrected chi connectivity index (χ4v) is 1.78. The van der Waals surface area contributed by atoms with Crippen molar-refractivity contribution in [2.45, 2.75) is 0 Å². The molecule has 0 atom stereocenters. The number of benzene rings is 1. The molecule has 0 aromatic heterocycles. The van der Waals surface area contributed by atoms with Crippen molar-refractivity contribution in [1.82, 2.24) is 10.2 Å². The molecule has 0 spiro atoms. The van der Waals surface area contributed by atoms with Crippen LogP contribution >= 0.6 is 11.6 Å². The van der Waals surface area contributed by atoms with Gasteiger partial charge in [0, 0.05) is 5.02 Å². The molecular formula is C12H8ClN2O4-. The number of carbonyl (C=O) groups is 3. The van der Waals surface area contributed by atoms with Gasteiger partial charge in [-0.25, -0.2) is 4.79 Å². The molecule has 1 saturated heterocycles. The van der Waals surface area contributed by atoms with Gasteiger partial charge in [0.15, 0.2) is 0 Å². The second kappa shape index (κ2) is 5.11. The van der Waals surface area contributed by atoms with E-state index in [1.165, 1.54) is 6.08 Å². The highest BCUT2D eigenvalue weighted by Gasteiger charge is 2.33. The third kappa shape index (κ3) is 2.74. The van der Waals surface area contributed by atoms with E-state index in [0.29, 0.717) is 15.5 Å². The van der Waals surface area contributed by atoms with E-state index in [-0.39, 0.29) is 5.70 Å². The van der Waals surface area contributed by atoms with Crippen LogP contribution in [0.25, 0.3) is 6.08 Å². The normalized spacial score (nSPS) is 16.9. The van der Waals surface area contributed by atoms with Crippen LogP contribution < -0.4 is 10.4 Å². The molecule has 0 aliphatic carbocycles. The van der Waals surface area contributed by atoms with Crippen LogP contribution in [0.15, 0.2) is 30.0 Å². The van der Waals surface area contributed by atoms with Crippen LogP contribution in [-0.2, 0) is 9.59 Å². The Balaban J connectivity index is 2.28. The Hall–Kier alpha value is -2.34. The van der Waals surface area contributed by atoms with Crippen molar-refractivity contribution < 1.29 is 19.5 Å². The van der Waals surface area contributed by atoms with Gasteiger partial charge in [0.05, 0.1) is 12.5 Å². The first-order chi connectivity index (χ1) is 8.99. The number of imide groups is 1. The van der Waals surface area contributed by atoms with Gasteiger partial charge in [-0.05, 0) is 17.7 Å². The molecule has 1 aliphatic rings. The van der Waals surface area contributed by atoms with E-state index < -0.39 is 24.5 Å². The van der Waals surface area contributed by atoms with E-state index in [9.17, 15) is 19.5 Å². The maximum Gasteiger partial charge on any atom is 0.329 e. The number of halogens is 1. The Bertz CT molecular complexity index is 597. The van der Waals surface area contributed by atoms with Gasteiger partial charge >= 0.3 is 6.03 Å². The Morgan fingerprint density at radius 2 is 2.05 bits per heavy atom. The molecule has 1 N–H and O–H groups in total. The Morgan fingerprint density at radius 1 is 1.37 bits per heavy atom. The summed E-state index contributed by atoms with van der Waals surface area (Å²) in [6.45, 7) is -0.787. The first-order valence-corrected chi connectivity index (χ1v) is 5.66. The van der Waals surface area contributed by atoms with Crippen molar-refractivity contribution >= 4 is 35.6 Å². The zero-order valence-corrected chi connectivity index (χ0v) is 10.3. The summed E-state index contributed by atoms with van der Waals surface area (Å²) in [5, 5.41) is 13.1. The predicted octanol–water partition coefficient (Wildman–Crippen LogP) is -0.0174. The van der Waals surface area contributed by atoms with Crippen molar-refractivity contribution in [2.24, 2.45) is 0 Å². The van der Waals surface area contributed by atoms with Gasteiger partial charge in [-0.1, -0.05) is 29.8 Å². The smallest absolute Gasteiger partial charge is 0.329 e. The molecule has 3 amide bonds. The van der Waals surface area contributed by atoms with Crippen molar-refractivity contribution in [1.29, 1.82) is 0 Å². The van der Waals surface area contributed by atoms with E-state index >= 15 is 0 Å². The van der Waals surface area contributed by atoms with Crippen LogP contribution in [0.5, 0.6) is 0 Å². The molecule has 1 fully saturated rings. The van der Waals surface area contributed by atoms with E-state index in [1.807, 2.05) is 0 Å². The van der Waals surface area contributed by atoms with Gasteiger partial charge in [-0.3, -0.25) is 9.69 Å². The van der Waals surface area contributed by atoms with Crippen molar-refractivity contribution in [3.63, 3.8) is 0 Å². The van der Waals surface area contributed by atoms with E-state index in [1.54, 1.807) is 24.3 Å². The molecule has 6 nitrogen and oxygen atoms in total. The monoisotopic (exact) mass is 279 g/mol. The zero-order valence-electron chi connectivity index (χ0n) is 9.55. The summed E-state index contributed by atoms with van der Waals surface area (Å²) in [4.78, 5) is 34.2. The minimum Gasteiger partial charge on any atom is -0.548 e. The topological polar surface area (TPSA) is 89.5 Å². The number of carboxylic acid groups (broad SMARTS) is 1. The molecule has 0 bridgehead atoms. The molecular weight excluding hydrogens is 272 g/mol. The van der Waals surface area contributed by atoms with E-state index in [4.69, 9.17) is 11.6 Å². The van der Waals surface area contributed by atoms with Crippen LogP contribution in [0.3, 0.4) is 0 Å². The van der Waals surface area contributed by atoms with Gasteiger partial charge < -0.3 is 15.2 Å². The summed E-state index contributed by atoms with van der Waals surface area (Å²) < 4.78 is 0. The average Bonchev–Trinajstić information content (AvgIpc) is 2.60. The molecule has 1 heterocycles. The van der Waals surface area contributed by atoms with Crippen molar-refractivity contribution in [2.75, 3.05) is 6.54 Å². The molecule has 19 heavy (non-hydrogen) atoms. The molecule has 0 radical (unpaired) electrons. The average molecular weight is 280 g/mol. The van der Waals surface area contributed by atoms with Gasteiger partial charge in [-0.2, -0.15) is 0 Å². The molecule has 1 aromatic rings. The number of urea groups is 1. The molecule has 0 saturated carbocycles. The molecule has 7 heteroatoms. The Kier molecular flexibility index (Phi) is 3.52. The fraction of sp³-hybridized carbons (Fsp3) is 0.0833. The van der Waals surface area contributed by atoms with Crippen LogP contribution in [0.4, 0.5) is 4.79 Å². The largest absolute Gasteiger partial charge is 0.548 e. The van der Waals surface area contributed by atoms with Crippen LogP contribution in [0.2, 0.25) is 5.02 Å². The number of nitrogens with zero attached hydrogens (tertiary/aromatic N) is 1. The molecule has 2 rings (SSSR count). The molecule has 98 valence electrons. The highest BCUT2D eigenvalue weighted by molar-refractivity contribution is 6.32. The van der Waals surface area contributed by atoms with Crippen LogP contribution in [0.1, 0.15) is 5.56 Å². The summed E-state index contributed by atoms with van der Waals surface area (Å²) in [5.41, 5.74) is 0.516. The van der Waals surface area contributed by atoms with Crippen LogP contribution in [0, 0.1) is 0 Å². The predicted molar refractivity (Wildman–Crippen MR) is 64.7 cm³/mol.